The largest absolute Gasteiger partial charge is 0.268 e. The van der Waals surface area contributed by atoms with E-state index in [2.05, 4.69) is 12.0 Å². The van der Waals surface area contributed by atoms with Crippen molar-refractivity contribution in [2.45, 2.75) is 32.7 Å². The molecule has 1 aromatic rings. The second-order valence-corrected chi connectivity index (χ2v) is 3.01. The molecule has 0 radical (unpaired) electrons. The van der Waals surface area contributed by atoms with Crippen molar-refractivity contribution >= 4 is 0 Å². The molecule has 13 heavy (non-hydrogen) atoms. The third-order valence-electron chi connectivity index (χ3n) is 1.87. The molecular formula is C9H14N2O2. The minimum atomic E-state index is -0.226. The Hall–Kier alpha value is -1.32. The smallest absolute Gasteiger partial charge is 0.265 e. The molecule has 1 N–H and O–H groups in total. The summed E-state index contributed by atoms with van der Waals surface area (Å²) in [6.45, 7) is 2.69. The molecule has 0 saturated carbocycles. The standard InChI is InChI=1S/C9H14N2O2/c1-2-3-4-7-11-9(13)6-5-8(12)10-11/h5-6H,2-4,7H2,1H3,(H,10,12). The fourth-order valence-electron chi connectivity index (χ4n) is 1.15. The molecule has 0 aliphatic heterocycles. The van der Waals surface area contributed by atoms with Gasteiger partial charge < -0.3 is 0 Å². The van der Waals surface area contributed by atoms with E-state index in [1.807, 2.05) is 0 Å². The number of aryl methyl sites for hydroxylation is 1. The summed E-state index contributed by atoms with van der Waals surface area (Å²) in [5, 5.41) is 2.48. The monoisotopic (exact) mass is 182 g/mol. The van der Waals surface area contributed by atoms with Gasteiger partial charge >= 0.3 is 0 Å². The number of hydrogen-bond acceptors (Lipinski definition) is 2. The summed E-state index contributed by atoms with van der Waals surface area (Å²) in [5.74, 6) is 0. The van der Waals surface area contributed by atoms with Gasteiger partial charge in [-0.05, 0) is 6.42 Å². The van der Waals surface area contributed by atoms with Gasteiger partial charge in [-0.1, -0.05) is 19.8 Å². The lowest BCUT2D eigenvalue weighted by atomic mass is 10.2. The van der Waals surface area contributed by atoms with Crippen LogP contribution in [0.1, 0.15) is 26.2 Å². The van der Waals surface area contributed by atoms with Crippen LogP contribution in [0.3, 0.4) is 0 Å². The molecule has 0 aliphatic rings. The van der Waals surface area contributed by atoms with Crippen LogP contribution in [0.5, 0.6) is 0 Å². The van der Waals surface area contributed by atoms with Crippen LogP contribution in [-0.4, -0.2) is 9.78 Å². The summed E-state index contributed by atoms with van der Waals surface area (Å²) >= 11 is 0. The van der Waals surface area contributed by atoms with Crippen LogP contribution in [-0.2, 0) is 6.54 Å². The number of aromatic amines is 1. The van der Waals surface area contributed by atoms with Gasteiger partial charge in [-0.2, -0.15) is 0 Å². The Kier molecular flexibility index (Phi) is 3.49. The number of aromatic nitrogens is 2. The molecule has 0 unspecified atom stereocenters. The SMILES string of the molecule is CCCCCn1[nH]c(=O)ccc1=O. The van der Waals surface area contributed by atoms with E-state index in [-0.39, 0.29) is 11.1 Å². The maximum absolute atomic E-state index is 11.2. The van der Waals surface area contributed by atoms with Crippen LogP contribution in [0.2, 0.25) is 0 Å². The van der Waals surface area contributed by atoms with Gasteiger partial charge in [0.2, 0.25) is 0 Å². The summed E-state index contributed by atoms with van der Waals surface area (Å²) in [6.07, 6.45) is 3.10. The average molecular weight is 182 g/mol. The highest BCUT2D eigenvalue weighted by Crippen LogP contribution is 1.93. The lowest BCUT2D eigenvalue weighted by Gasteiger charge is -2.02. The summed E-state index contributed by atoms with van der Waals surface area (Å²) in [6, 6.07) is 2.55. The van der Waals surface area contributed by atoms with Crippen molar-refractivity contribution in [3.05, 3.63) is 32.8 Å². The predicted molar refractivity (Wildman–Crippen MR) is 50.8 cm³/mol. The van der Waals surface area contributed by atoms with E-state index in [9.17, 15) is 9.59 Å². The Morgan fingerprint density at radius 3 is 2.77 bits per heavy atom. The summed E-state index contributed by atoms with van der Waals surface area (Å²) in [7, 11) is 0. The van der Waals surface area contributed by atoms with Gasteiger partial charge in [0, 0.05) is 18.7 Å². The highest BCUT2D eigenvalue weighted by atomic mass is 16.1. The van der Waals surface area contributed by atoms with Crippen LogP contribution >= 0.6 is 0 Å². The van der Waals surface area contributed by atoms with E-state index in [1.54, 1.807) is 0 Å². The quantitative estimate of drug-likeness (QED) is 0.698. The number of nitrogens with zero attached hydrogens (tertiary/aromatic N) is 1. The highest BCUT2D eigenvalue weighted by Gasteiger charge is 1.94. The number of hydrogen-bond donors (Lipinski definition) is 1. The summed E-state index contributed by atoms with van der Waals surface area (Å²) in [4.78, 5) is 22.0. The van der Waals surface area contributed by atoms with E-state index < -0.39 is 0 Å². The second kappa shape index (κ2) is 4.64. The van der Waals surface area contributed by atoms with Crippen LogP contribution in [0.25, 0.3) is 0 Å². The molecule has 0 spiro atoms. The Bertz CT molecular complexity index is 364. The fraction of sp³-hybridized carbons (Fsp3) is 0.556. The second-order valence-electron chi connectivity index (χ2n) is 3.01. The summed E-state index contributed by atoms with van der Waals surface area (Å²) < 4.78 is 1.36. The molecule has 0 aromatic carbocycles. The first kappa shape index (κ1) is 9.77. The normalized spacial score (nSPS) is 10.2. The number of H-pyrrole nitrogens is 1. The molecule has 0 aliphatic carbocycles. The molecule has 1 aromatic heterocycles. The Morgan fingerprint density at radius 2 is 2.08 bits per heavy atom. The van der Waals surface area contributed by atoms with E-state index >= 15 is 0 Å². The van der Waals surface area contributed by atoms with Crippen molar-refractivity contribution in [3.63, 3.8) is 0 Å². The van der Waals surface area contributed by atoms with E-state index in [4.69, 9.17) is 0 Å². The Labute approximate surface area is 76.2 Å². The Balaban J connectivity index is 2.70. The third-order valence-corrected chi connectivity index (χ3v) is 1.87. The van der Waals surface area contributed by atoms with Crippen molar-refractivity contribution < 1.29 is 0 Å². The van der Waals surface area contributed by atoms with Crippen molar-refractivity contribution in [1.29, 1.82) is 0 Å². The van der Waals surface area contributed by atoms with Crippen molar-refractivity contribution in [1.82, 2.24) is 9.78 Å². The van der Waals surface area contributed by atoms with Crippen LogP contribution < -0.4 is 11.1 Å². The number of rotatable bonds is 4. The first-order valence-corrected chi connectivity index (χ1v) is 4.54. The zero-order valence-electron chi connectivity index (χ0n) is 7.75. The molecule has 4 nitrogen and oxygen atoms in total. The lowest BCUT2D eigenvalue weighted by molar-refractivity contribution is 0.522. The van der Waals surface area contributed by atoms with E-state index in [0.717, 1.165) is 19.3 Å². The fourth-order valence-corrected chi connectivity index (χ4v) is 1.15. The van der Waals surface area contributed by atoms with Crippen molar-refractivity contribution in [3.8, 4) is 0 Å². The van der Waals surface area contributed by atoms with Crippen LogP contribution in [0, 0.1) is 0 Å². The summed E-state index contributed by atoms with van der Waals surface area (Å²) in [5.41, 5.74) is -0.369. The molecule has 0 bridgehead atoms. The van der Waals surface area contributed by atoms with Gasteiger partial charge in [0.25, 0.3) is 11.1 Å². The maximum Gasteiger partial charge on any atom is 0.265 e. The van der Waals surface area contributed by atoms with Crippen molar-refractivity contribution in [2.75, 3.05) is 0 Å². The minimum Gasteiger partial charge on any atom is -0.268 e. The zero-order chi connectivity index (χ0) is 9.68. The molecular weight excluding hydrogens is 168 g/mol. The van der Waals surface area contributed by atoms with Gasteiger partial charge in [-0.3, -0.25) is 19.4 Å². The molecule has 72 valence electrons. The van der Waals surface area contributed by atoms with Gasteiger partial charge in [0.15, 0.2) is 0 Å². The molecule has 0 atom stereocenters. The average Bonchev–Trinajstić information content (AvgIpc) is 2.11. The van der Waals surface area contributed by atoms with Gasteiger partial charge in [0.05, 0.1) is 0 Å². The number of nitrogens with one attached hydrogen (secondary N) is 1. The lowest BCUT2D eigenvalue weighted by Crippen LogP contribution is -2.27. The molecule has 0 amide bonds. The van der Waals surface area contributed by atoms with Crippen LogP contribution in [0.15, 0.2) is 21.7 Å². The van der Waals surface area contributed by atoms with E-state index in [1.165, 1.54) is 16.8 Å². The Morgan fingerprint density at radius 1 is 1.31 bits per heavy atom. The molecule has 1 rings (SSSR count). The minimum absolute atomic E-state index is 0.143. The van der Waals surface area contributed by atoms with E-state index in [0.29, 0.717) is 6.54 Å². The number of unbranched alkanes of at least 4 members (excludes halogenated alkanes) is 2. The topological polar surface area (TPSA) is 54.9 Å². The molecule has 1 heterocycles. The molecule has 0 saturated heterocycles. The molecule has 0 fully saturated rings. The zero-order valence-corrected chi connectivity index (χ0v) is 7.75. The highest BCUT2D eigenvalue weighted by molar-refractivity contribution is 4.85. The van der Waals surface area contributed by atoms with Gasteiger partial charge in [0.1, 0.15) is 0 Å². The van der Waals surface area contributed by atoms with Gasteiger partial charge in [-0.25, -0.2) is 0 Å². The van der Waals surface area contributed by atoms with Gasteiger partial charge in [-0.15, -0.1) is 0 Å². The maximum atomic E-state index is 11.2. The molecule has 4 heteroatoms. The first-order chi connectivity index (χ1) is 6.24. The predicted octanol–water partition coefficient (Wildman–Crippen LogP) is 0.727. The first-order valence-electron chi connectivity index (χ1n) is 4.54. The third kappa shape index (κ3) is 2.89. The van der Waals surface area contributed by atoms with Crippen LogP contribution in [0.4, 0.5) is 0 Å². The van der Waals surface area contributed by atoms with Crippen molar-refractivity contribution in [2.24, 2.45) is 0 Å².